The molecule has 1 unspecified atom stereocenters. The van der Waals surface area contributed by atoms with Crippen LogP contribution in [0.1, 0.15) is 19.4 Å². The Hall–Kier alpha value is -1.46. The fourth-order valence-electron chi connectivity index (χ4n) is 2.00. The van der Waals surface area contributed by atoms with Crippen molar-refractivity contribution in [3.05, 3.63) is 35.1 Å². The van der Waals surface area contributed by atoms with Gasteiger partial charge in [0.15, 0.2) is 10.6 Å². The number of aromatic amines is 1. The van der Waals surface area contributed by atoms with E-state index >= 15 is 0 Å². The van der Waals surface area contributed by atoms with Crippen LogP contribution in [0.15, 0.2) is 30.3 Å². The minimum atomic E-state index is 0.205. The summed E-state index contributed by atoms with van der Waals surface area (Å²) >= 11 is 5.32. The highest BCUT2D eigenvalue weighted by Crippen LogP contribution is 2.22. The molecule has 0 saturated carbocycles. The largest absolute Gasteiger partial charge is 0.383 e. The number of hydrogen-bond acceptors (Lipinski definition) is 3. The Kier molecular flexibility index (Phi) is 4.28. The average molecular weight is 263 g/mol. The van der Waals surface area contributed by atoms with Gasteiger partial charge in [-0.15, -0.1) is 0 Å². The molecule has 0 aliphatic heterocycles. The third-order valence-corrected chi connectivity index (χ3v) is 3.22. The highest BCUT2D eigenvalue weighted by Gasteiger charge is 2.16. The summed E-state index contributed by atoms with van der Waals surface area (Å²) in [4.78, 5) is 0. The maximum atomic E-state index is 5.32. The molecule has 0 spiro atoms. The van der Waals surface area contributed by atoms with Crippen molar-refractivity contribution in [2.75, 3.05) is 13.7 Å². The molecule has 1 aromatic carbocycles. The van der Waals surface area contributed by atoms with Gasteiger partial charge < -0.3 is 4.74 Å². The Bertz CT molecular complexity index is 547. The van der Waals surface area contributed by atoms with E-state index in [0.29, 0.717) is 11.4 Å². The molecule has 96 valence electrons. The van der Waals surface area contributed by atoms with Crippen molar-refractivity contribution in [3.63, 3.8) is 0 Å². The molecule has 1 N–H and O–H groups in total. The van der Waals surface area contributed by atoms with E-state index in [1.807, 2.05) is 34.9 Å². The van der Waals surface area contributed by atoms with Crippen molar-refractivity contribution in [3.8, 4) is 11.4 Å². The van der Waals surface area contributed by atoms with Gasteiger partial charge in [0, 0.05) is 12.7 Å². The number of hydrogen-bond donors (Lipinski definition) is 1. The lowest BCUT2D eigenvalue weighted by molar-refractivity contribution is 0.153. The summed E-state index contributed by atoms with van der Waals surface area (Å²) in [5, 5.41) is 7.20. The predicted octanol–water partition coefficient (Wildman–Crippen LogP) is 3.21. The molecular formula is C13H17N3OS. The molecule has 1 atom stereocenters. The number of H-pyrrole nitrogens is 1. The Labute approximate surface area is 112 Å². The van der Waals surface area contributed by atoms with Crippen molar-refractivity contribution in [1.82, 2.24) is 14.8 Å². The maximum Gasteiger partial charge on any atom is 0.195 e. The molecule has 2 rings (SSSR count). The van der Waals surface area contributed by atoms with Gasteiger partial charge >= 0.3 is 0 Å². The SMILES string of the molecule is CCC(COC)n1c(-c2ccccc2)n[nH]c1=S. The molecule has 0 radical (unpaired) electrons. The number of ether oxygens (including phenoxy) is 1. The van der Waals surface area contributed by atoms with Crippen LogP contribution >= 0.6 is 12.2 Å². The van der Waals surface area contributed by atoms with Crippen LogP contribution in [-0.2, 0) is 4.74 Å². The molecule has 0 bridgehead atoms. The lowest BCUT2D eigenvalue weighted by Gasteiger charge is -2.17. The summed E-state index contributed by atoms with van der Waals surface area (Å²) in [5.41, 5.74) is 1.06. The highest BCUT2D eigenvalue weighted by atomic mass is 32.1. The van der Waals surface area contributed by atoms with Gasteiger partial charge in [0.1, 0.15) is 0 Å². The van der Waals surface area contributed by atoms with E-state index in [1.54, 1.807) is 7.11 Å². The molecule has 1 heterocycles. The lowest BCUT2D eigenvalue weighted by atomic mass is 10.2. The molecular weight excluding hydrogens is 246 g/mol. The van der Waals surface area contributed by atoms with E-state index in [0.717, 1.165) is 17.8 Å². The van der Waals surface area contributed by atoms with E-state index < -0.39 is 0 Å². The quantitative estimate of drug-likeness (QED) is 0.842. The van der Waals surface area contributed by atoms with Gasteiger partial charge in [0.2, 0.25) is 0 Å². The fraction of sp³-hybridized carbons (Fsp3) is 0.385. The van der Waals surface area contributed by atoms with Crippen LogP contribution in [0.3, 0.4) is 0 Å². The molecule has 1 aromatic heterocycles. The topological polar surface area (TPSA) is 42.8 Å². The van der Waals surface area contributed by atoms with Gasteiger partial charge in [0.25, 0.3) is 0 Å². The van der Waals surface area contributed by atoms with E-state index in [-0.39, 0.29) is 6.04 Å². The minimum absolute atomic E-state index is 0.205. The van der Waals surface area contributed by atoms with Crippen LogP contribution in [0, 0.1) is 4.77 Å². The molecule has 2 aromatic rings. The molecule has 0 fully saturated rings. The second kappa shape index (κ2) is 5.93. The number of benzene rings is 1. The first-order valence-electron chi connectivity index (χ1n) is 5.99. The van der Waals surface area contributed by atoms with Crippen LogP contribution < -0.4 is 0 Å². The van der Waals surface area contributed by atoms with Crippen molar-refractivity contribution >= 4 is 12.2 Å². The summed E-state index contributed by atoms with van der Waals surface area (Å²) in [6, 6.07) is 10.2. The third kappa shape index (κ3) is 2.52. The monoisotopic (exact) mass is 263 g/mol. The molecule has 5 heteroatoms. The van der Waals surface area contributed by atoms with Crippen LogP contribution in [0.5, 0.6) is 0 Å². The fourth-order valence-corrected chi connectivity index (χ4v) is 2.28. The number of nitrogens with zero attached hydrogens (tertiary/aromatic N) is 2. The standard InChI is InChI=1S/C13H17N3OS/c1-3-11(9-17-2)16-12(14-15-13(16)18)10-7-5-4-6-8-10/h4-8,11H,3,9H2,1-2H3,(H,15,18). The summed E-state index contributed by atoms with van der Waals surface area (Å²) < 4.78 is 7.93. The van der Waals surface area contributed by atoms with Gasteiger partial charge in [-0.25, -0.2) is 0 Å². The summed E-state index contributed by atoms with van der Waals surface area (Å²) in [5.74, 6) is 0.865. The second-order valence-corrected chi connectivity index (χ2v) is 4.49. The Morgan fingerprint density at radius 3 is 2.72 bits per heavy atom. The average Bonchev–Trinajstić information content (AvgIpc) is 2.79. The first-order chi connectivity index (χ1) is 8.77. The van der Waals surface area contributed by atoms with Crippen molar-refractivity contribution < 1.29 is 4.74 Å². The molecule has 0 amide bonds. The number of methoxy groups -OCH3 is 1. The van der Waals surface area contributed by atoms with Gasteiger partial charge in [-0.1, -0.05) is 37.3 Å². The van der Waals surface area contributed by atoms with Gasteiger partial charge in [-0.2, -0.15) is 5.10 Å². The number of rotatable bonds is 5. The van der Waals surface area contributed by atoms with Crippen molar-refractivity contribution in [2.24, 2.45) is 0 Å². The minimum Gasteiger partial charge on any atom is -0.383 e. The molecule has 0 aliphatic carbocycles. The Balaban J connectivity index is 2.47. The maximum absolute atomic E-state index is 5.32. The van der Waals surface area contributed by atoms with E-state index in [4.69, 9.17) is 17.0 Å². The number of nitrogens with one attached hydrogen (secondary N) is 1. The summed E-state index contributed by atoms with van der Waals surface area (Å²) in [7, 11) is 1.70. The lowest BCUT2D eigenvalue weighted by Crippen LogP contribution is -2.15. The highest BCUT2D eigenvalue weighted by molar-refractivity contribution is 7.71. The molecule has 0 aliphatic rings. The van der Waals surface area contributed by atoms with E-state index in [2.05, 4.69) is 17.1 Å². The molecule has 0 saturated heterocycles. The Morgan fingerprint density at radius 1 is 1.39 bits per heavy atom. The first-order valence-corrected chi connectivity index (χ1v) is 6.40. The van der Waals surface area contributed by atoms with Gasteiger partial charge in [-0.05, 0) is 18.6 Å². The predicted molar refractivity (Wildman–Crippen MR) is 74.1 cm³/mol. The number of aromatic nitrogens is 3. The van der Waals surface area contributed by atoms with E-state index in [9.17, 15) is 0 Å². The van der Waals surface area contributed by atoms with Crippen LogP contribution in [0.2, 0.25) is 0 Å². The zero-order valence-electron chi connectivity index (χ0n) is 10.6. The van der Waals surface area contributed by atoms with Crippen LogP contribution in [0.25, 0.3) is 11.4 Å². The van der Waals surface area contributed by atoms with Crippen LogP contribution in [0.4, 0.5) is 0 Å². The summed E-state index contributed by atoms with van der Waals surface area (Å²) in [6.07, 6.45) is 0.946. The second-order valence-electron chi connectivity index (χ2n) is 4.11. The zero-order valence-corrected chi connectivity index (χ0v) is 11.4. The smallest absolute Gasteiger partial charge is 0.195 e. The molecule has 4 nitrogen and oxygen atoms in total. The Morgan fingerprint density at radius 2 is 2.11 bits per heavy atom. The zero-order chi connectivity index (χ0) is 13.0. The van der Waals surface area contributed by atoms with Gasteiger partial charge in [-0.3, -0.25) is 9.67 Å². The van der Waals surface area contributed by atoms with Crippen molar-refractivity contribution in [1.29, 1.82) is 0 Å². The van der Waals surface area contributed by atoms with Gasteiger partial charge in [0.05, 0.1) is 12.6 Å². The normalized spacial score (nSPS) is 12.6. The van der Waals surface area contributed by atoms with E-state index in [1.165, 1.54) is 0 Å². The summed E-state index contributed by atoms with van der Waals surface area (Å²) in [6.45, 7) is 2.75. The van der Waals surface area contributed by atoms with Crippen molar-refractivity contribution in [2.45, 2.75) is 19.4 Å². The van der Waals surface area contributed by atoms with Crippen LogP contribution in [-0.4, -0.2) is 28.5 Å². The third-order valence-electron chi connectivity index (χ3n) is 2.93. The first kappa shape index (κ1) is 13.0. The molecule has 18 heavy (non-hydrogen) atoms.